The number of ether oxygens (including phenoxy) is 1. The summed E-state index contributed by atoms with van der Waals surface area (Å²) in [5.41, 5.74) is 5.25. The van der Waals surface area contributed by atoms with Crippen LogP contribution in [-0.2, 0) is 9.59 Å². The van der Waals surface area contributed by atoms with Crippen molar-refractivity contribution in [2.24, 2.45) is 5.92 Å². The summed E-state index contributed by atoms with van der Waals surface area (Å²) in [5.74, 6) is -1.07. The normalized spacial score (nSPS) is 16.4. The number of carbonyl (C=O) groups is 3. The van der Waals surface area contributed by atoms with Gasteiger partial charge >= 0.3 is 5.91 Å². The van der Waals surface area contributed by atoms with E-state index in [1.807, 2.05) is 19.1 Å². The van der Waals surface area contributed by atoms with Gasteiger partial charge in [-0.15, -0.1) is 0 Å². The number of rotatable bonds is 5. The molecule has 1 fully saturated rings. The highest BCUT2D eigenvalue weighted by molar-refractivity contribution is 6.01. The van der Waals surface area contributed by atoms with Crippen molar-refractivity contribution in [3.8, 4) is 5.75 Å². The van der Waals surface area contributed by atoms with E-state index in [0.717, 1.165) is 0 Å². The number of anilines is 1. The Morgan fingerprint density at radius 2 is 2.04 bits per heavy atom. The lowest BCUT2D eigenvalue weighted by Crippen LogP contribution is -2.45. The summed E-state index contributed by atoms with van der Waals surface area (Å²) in [6.07, 6.45) is 1.42. The van der Waals surface area contributed by atoms with Crippen LogP contribution < -0.4 is 20.5 Å². The lowest BCUT2D eigenvalue weighted by atomic mass is 10.1. The predicted molar refractivity (Wildman–Crippen MR) is 92.4 cm³/mol. The average Bonchev–Trinajstić information content (AvgIpc) is 3.30. The maximum absolute atomic E-state index is 12.4. The van der Waals surface area contributed by atoms with Crippen molar-refractivity contribution >= 4 is 23.4 Å². The molecule has 0 bridgehead atoms. The van der Waals surface area contributed by atoms with Crippen molar-refractivity contribution in [3.05, 3.63) is 48.4 Å². The van der Waals surface area contributed by atoms with Gasteiger partial charge in [-0.1, -0.05) is 12.1 Å². The third-order valence-electron chi connectivity index (χ3n) is 4.00. The highest BCUT2D eigenvalue weighted by atomic mass is 16.5. The fourth-order valence-corrected chi connectivity index (χ4v) is 2.76. The van der Waals surface area contributed by atoms with Gasteiger partial charge in [-0.2, -0.15) is 0 Å². The highest BCUT2D eigenvalue weighted by Crippen LogP contribution is 2.33. The third kappa shape index (κ3) is 3.69. The summed E-state index contributed by atoms with van der Waals surface area (Å²) in [6.45, 7) is 2.55. The lowest BCUT2D eigenvalue weighted by molar-refractivity contribution is -0.126. The van der Waals surface area contributed by atoms with Gasteiger partial charge in [0.25, 0.3) is 0 Å². The van der Waals surface area contributed by atoms with Crippen molar-refractivity contribution < 1.29 is 23.5 Å². The van der Waals surface area contributed by atoms with Gasteiger partial charge in [0, 0.05) is 13.0 Å². The van der Waals surface area contributed by atoms with Crippen LogP contribution in [0.1, 0.15) is 23.9 Å². The first kappa shape index (κ1) is 17.5. The van der Waals surface area contributed by atoms with Gasteiger partial charge in [0.15, 0.2) is 5.76 Å². The quantitative estimate of drug-likeness (QED) is 0.790. The molecule has 2 aromatic rings. The second-order valence-electron chi connectivity index (χ2n) is 5.73. The molecule has 0 saturated carbocycles. The third-order valence-corrected chi connectivity index (χ3v) is 4.00. The Morgan fingerprint density at radius 1 is 1.23 bits per heavy atom. The molecule has 0 spiro atoms. The monoisotopic (exact) mass is 357 g/mol. The summed E-state index contributed by atoms with van der Waals surface area (Å²) in [5, 5.41) is 0. The van der Waals surface area contributed by atoms with Crippen LogP contribution in [-0.4, -0.2) is 30.9 Å². The number of benzene rings is 1. The maximum Gasteiger partial charge on any atom is 0.305 e. The molecule has 0 radical (unpaired) electrons. The van der Waals surface area contributed by atoms with E-state index in [1.54, 1.807) is 18.2 Å². The van der Waals surface area contributed by atoms with E-state index in [1.165, 1.54) is 17.2 Å². The molecule has 2 heterocycles. The Labute approximate surface area is 150 Å². The molecule has 1 aromatic carbocycles. The SMILES string of the molecule is CCOc1ccccc1N1C[C@H](C(=O)NNC(=O)c2ccco2)CC1=O. The van der Waals surface area contributed by atoms with Crippen molar-refractivity contribution in [2.45, 2.75) is 13.3 Å². The van der Waals surface area contributed by atoms with Crippen molar-refractivity contribution in [3.63, 3.8) is 0 Å². The number of hydrogen-bond donors (Lipinski definition) is 2. The van der Waals surface area contributed by atoms with Gasteiger partial charge in [-0.25, -0.2) is 0 Å². The first-order valence-electron chi connectivity index (χ1n) is 8.26. The summed E-state index contributed by atoms with van der Waals surface area (Å²) < 4.78 is 10.5. The molecule has 3 rings (SSSR count). The summed E-state index contributed by atoms with van der Waals surface area (Å²) in [7, 11) is 0. The molecular weight excluding hydrogens is 338 g/mol. The van der Waals surface area contributed by atoms with E-state index in [2.05, 4.69) is 10.9 Å². The van der Waals surface area contributed by atoms with Crippen LogP contribution in [0.4, 0.5) is 5.69 Å². The molecule has 1 aliphatic heterocycles. The minimum Gasteiger partial charge on any atom is -0.492 e. The summed E-state index contributed by atoms with van der Waals surface area (Å²) in [4.78, 5) is 38.0. The Bertz CT molecular complexity index is 803. The highest BCUT2D eigenvalue weighted by Gasteiger charge is 2.36. The number of para-hydroxylation sites is 2. The Hall–Kier alpha value is -3.29. The Kier molecular flexibility index (Phi) is 5.21. The molecule has 3 amide bonds. The van der Waals surface area contributed by atoms with Crippen molar-refractivity contribution in [2.75, 3.05) is 18.1 Å². The fraction of sp³-hybridized carbons (Fsp3) is 0.278. The van der Waals surface area contributed by atoms with E-state index < -0.39 is 17.7 Å². The van der Waals surface area contributed by atoms with Crippen LogP contribution in [0.2, 0.25) is 0 Å². The molecule has 2 N–H and O–H groups in total. The van der Waals surface area contributed by atoms with Crippen LogP contribution in [0.3, 0.4) is 0 Å². The molecule has 26 heavy (non-hydrogen) atoms. The topological polar surface area (TPSA) is 101 Å². The standard InChI is InChI=1S/C18H19N3O5/c1-2-25-14-7-4-3-6-13(14)21-11-12(10-16(21)22)17(23)19-20-18(24)15-8-5-9-26-15/h3-9,12H,2,10-11H2,1H3,(H,19,23)(H,20,24)/t12-/m1/s1. The number of amides is 3. The number of nitrogens with one attached hydrogen (secondary N) is 2. The lowest BCUT2D eigenvalue weighted by Gasteiger charge is -2.20. The molecule has 8 heteroatoms. The Balaban J connectivity index is 1.62. The minimum absolute atomic E-state index is 0.0584. The van der Waals surface area contributed by atoms with Crippen molar-refractivity contribution in [1.82, 2.24) is 10.9 Å². The van der Waals surface area contributed by atoms with Crippen LogP contribution in [0.15, 0.2) is 47.1 Å². The molecular formula is C18H19N3O5. The average molecular weight is 357 g/mol. The zero-order valence-electron chi connectivity index (χ0n) is 14.2. The van der Waals surface area contributed by atoms with Crippen molar-refractivity contribution in [1.29, 1.82) is 0 Å². The molecule has 0 aliphatic carbocycles. The molecule has 1 aromatic heterocycles. The molecule has 8 nitrogen and oxygen atoms in total. The minimum atomic E-state index is -0.575. The molecule has 1 aliphatic rings. The smallest absolute Gasteiger partial charge is 0.305 e. The summed E-state index contributed by atoms with van der Waals surface area (Å²) >= 11 is 0. The van der Waals surface area contributed by atoms with E-state index in [-0.39, 0.29) is 24.6 Å². The van der Waals surface area contributed by atoms with E-state index in [9.17, 15) is 14.4 Å². The van der Waals surface area contributed by atoms with E-state index in [4.69, 9.17) is 9.15 Å². The number of hydrogen-bond acceptors (Lipinski definition) is 5. The van der Waals surface area contributed by atoms with Gasteiger partial charge in [0.2, 0.25) is 11.8 Å². The first-order valence-corrected chi connectivity index (χ1v) is 8.26. The maximum atomic E-state index is 12.4. The molecule has 136 valence electrons. The van der Waals surface area contributed by atoms with E-state index in [0.29, 0.717) is 18.0 Å². The molecule has 1 saturated heterocycles. The largest absolute Gasteiger partial charge is 0.492 e. The zero-order valence-corrected chi connectivity index (χ0v) is 14.2. The number of hydrazine groups is 1. The van der Waals surface area contributed by atoms with Gasteiger partial charge in [-0.3, -0.25) is 25.2 Å². The van der Waals surface area contributed by atoms with Crippen LogP contribution in [0, 0.1) is 5.92 Å². The molecule has 0 unspecified atom stereocenters. The Morgan fingerprint density at radius 3 is 2.77 bits per heavy atom. The van der Waals surface area contributed by atoms with Gasteiger partial charge in [-0.05, 0) is 31.2 Å². The second-order valence-corrected chi connectivity index (χ2v) is 5.73. The van der Waals surface area contributed by atoms with Gasteiger partial charge in [0.1, 0.15) is 5.75 Å². The number of furan rings is 1. The van der Waals surface area contributed by atoms with Crippen LogP contribution in [0.25, 0.3) is 0 Å². The van der Waals surface area contributed by atoms with E-state index >= 15 is 0 Å². The number of nitrogens with zero attached hydrogens (tertiary/aromatic N) is 1. The first-order chi connectivity index (χ1) is 12.6. The molecule has 1 atom stereocenters. The second kappa shape index (κ2) is 7.73. The summed E-state index contributed by atoms with van der Waals surface area (Å²) in [6, 6.07) is 10.2. The van der Waals surface area contributed by atoms with Gasteiger partial charge < -0.3 is 14.1 Å². The van der Waals surface area contributed by atoms with Gasteiger partial charge in [0.05, 0.1) is 24.5 Å². The fourth-order valence-electron chi connectivity index (χ4n) is 2.76. The predicted octanol–water partition coefficient (Wildman–Crippen LogP) is 1.49. The van der Waals surface area contributed by atoms with Crippen LogP contribution >= 0.6 is 0 Å². The van der Waals surface area contributed by atoms with Crippen LogP contribution in [0.5, 0.6) is 5.75 Å². The zero-order chi connectivity index (χ0) is 18.5. The number of carbonyl (C=O) groups excluding carboxylic acids is 3.